The Labute approximate surface area is 258 Å². The Bertz CT molecular complexity index is 1390. The maximum absolute atomic E-state index is 12.9. The quantitative estimate of drug-likeness (QED) is 0.305. The van der Waals surface area contributed by atoms with Crippen molar-refractivity contribution in [2.24, 2.45) is 5.73 Å². The molecule has 4 aromatic rings. The number of halogens is 2. The average molecular weight is 615 g/mol. The van der Waals surface area contributed by atoms with Gasteiger partial charge in [-0.2, -0.15) is 0 Å². The molecule has 5 rings (SSSR count). The number of rotatable bonds is 8. The van der Waals surface area contributed by atoms with Gasteiger partial charge in [-0.3, -0.25) is 19.4 Å². The second-order valence-corrected chi connectivity index (χ2v) is 9.96. The van der Waals surface area contributed by atoms with E-state index in [0.29, 0.717) is 37.8 Å². The fourth-order valence-electron chi connectivity index (χ4n) is 5.06. The summed E-state index contributed by atoms with van der Waals surface area (Å²) < 4.78 is 6.29. The van der Waals surface area contributed by atoms with E-state index in [-0.39, 0.29) is 42.7 Å². The minimum atomic E-state index is -0.598. The van der Waals surface area contributed by atoms with Crippen LogP contribution in [0, 0.1) is 13.8 Å². The number of nitrogens with one attached hydrogen (secondary N) is 1. The standard InChI is InChI=1S/C31H33N5O3.2ClH.H2O/c1-21-10-9-11-22(2)28(21)33-26(37)19-36-17-16-35(18-25(36)31(32)38)20-27-34-29(23-12-5-3-6-13-23)30(39-27)24-14-7-4-8-15-24;;;/h3-15,25H,16-20H2,1-2H3,(H2,32,38)(H,33,37);2*1H;1H2. The van der Waals surface area contributed by atoms with Gasteiger partial charge in [-0.25, -0.2) is 4.98 Å². The van der Waals surface area contributed by atoms with Gasteiger partial charge in [0.2, 0.25) is 17.7 Å². The molecule has 0 saturated carbocycles. The molecule has 11 heteroatoms. The van der Waals surface area contributed by atoms with Gasteiger partial charge in [0.05, 0.1) is 13.1 Å². The van der Waals surface area contributed by atoms with Crippen LogP contribution in [-0.2, 0) is 16.1 Å². The van der Waals surface area contributed by atoms with Crippen molar-refractivity contribution in [3.05, 3.63) is 95.9 Å². The van der Waals surface area contributed by atoms with Gasteiger partial charge >= 0.3 is 0 Å². The van der Waals surface area contributed by atoms with Gasteiger partial charge in [-0.1, -0.05) is 78.9 Å². The van der Waals surface area contributed by atoms with Crippen molar-refractivity contribution in [1.82, 2.24) is 14.8 Å². The predicted octanol–water partition coefficient (Wildman–Crippen LogP) is 4.25. The largest absolute Gasteiger partial charge is 0.439 e. The molecule has 9 nitrogen and oxygen atoms in total. The first-order valence-corrected chi connectivity index (χ1v) is 13.1. The van der Waals surface area contributed by atoms with E-state index in [1.165, 1.54) is 0 Å². The normalized spacial score (nSPS) is 15.0. The van der Waals surface area contributed by atoms with E-state index in [1.54, 1.807) is 0 Å². The van der Waals surface area contributed by atoms with Crippen LogP contribution in [0.3, 0.4) is 0 Å². The maximum Gasteiger partial charge on any atom is 0.238 e. The highest BCUT2D eigenvalue weighted by Crippen LogP contribution is 2.33. The van der Waals surface area contributed by atoms with E-state index in [9.17, 15) is 9.59 Å². The molecule has 1 unspecified atom stereocenters. The molecule has 5 N–H and O–H groups in total. The number of piperazine rings is 1. The Hall–Kier alpha value is -3.73. The number of primary amides is 1. The molecule has 0 aliphatic carbocycles. The van der Waals surface area contributed by atoms with E-state index in [4.69, 9.17) is 15.1 Å². The van der Waals surface area contributed by atoms with E-state index < -0.39 is 11.9 Å². The first-order valence-electron chi connectivity index (χ1n) is 13.1. The molecule has 0 radical (unpaired) electrons. The molecule has 3 aromatic carbocycles. The molecule has 0 spiro atoms. The lowest BCUT2D eigenvalue weighted by Crippen LogP contribution is -2.59. The Balaban J connectivity index is 0.00000205. The van der Waals surface area contributed by atoms with Crippen LogP contribution in [0.2, 0.25) is 0 Å². The zero-order valence-corrected chi connectivity index (χ0v) is 25.2. The third-order valence-electron chi connectivity index (χ3n) is 7.11. The molecule has 0 bridgehead atoms. The number of hydrogen-bond donors (Lipinski definition) is 2. The van der Waals surface area contributed by atoms with Crippen LogP contribution < -0.4 is 11.1 Å². The number of benzene rings is 3. The molecular formula is C31H37Cl2N5O4. The third kappa shape index (κ3) is 7.96. The average Bonchev–Trinajstić information content (AvgIpc) is 3.36. The van der Waals surface area contributed by atoms with Crippen molar-refractivity contribution in [3.63, 3.8) is 0 Å². The predicted molar refractivity (Wildman–Crippen MR) is 170 cm³/mol. The van der Waals surface area contributed by atoms with E-state index in [1.807, 2.05) is 97.6 Å². The summed E-state index contributed by atoms with van der Waals surface area (Å²) in [6.45, 7) is 5.99. The molecule has 1 atom stereocenters. The Morgan fingerprint density at radius 2 is 1.50 bits per heavy atom. The number of anilines is 1. The second kappa shape index (κ2) is 15.5. The summed E-state index contributed by atoms with van der Waals surface area (Å²) in [5.74, 6) is 0.656. The van der Waals surface area contributed by atoms with Crippen molar-refractivity contribution >= 4 is 42.3 Å². The van der Waals surface area contributed by atoms with Crippen LogP contribution >= 0.6 is 24.8 Å². The number of hydrogen-bond acceptors (Lipinski definition) is 6. The van der Waals surface area contributed by atoms with Crippen LogP contribution in [0.25, 0.3) is 22.6 Å². The van der Waals surface area contributed by atoms with Crippen molar-refractivity contribution in [3.8, 4) is 22.6 Å². The smallest absolute Gasteiger partial charge is 0.238 e. The number of para-hydroxylation sites is 1. The highest BCUT2D eigenvalue weighted by molar-refractivity contribution is 5.94. The molecule has 42 heavy (non-hydrogen) atoms. The molecule has 1 saturated heterocycles. The molecule has 1 aliphatic rings. The van der Waals surface area contributed by atoms with Gasteiger partial charge in [0, 0.05) is 36.4 Å². The van der Waals surface area contributed by atoms with Gasteiger partial charge < -0.3 is 20.9 Å². The van der Waals surface area contributed by atoms with Crippen LogP contribution in [0.4, 0.5) is 5.69 Å². The first-order chi connectivity index (χ1) is 18.9. The lowest BCUT2D eigenvalue weighted by Gasteiger charge is -2.39. The number of amides is 2. The van der Waals surface area contributed by atoms with E-state index >= 15 is 0 Å². The molecule has 2 heterocycles. The minimum absolute atomic E-state index is 0. The van der Waals surface area contributed by atoms with Crippen molar-refractivity contribution in [1.29, 1.82) is 0 Å². The van der Waals surface area contributed by atoms with Crippen LogP contribution in [0.5, 0.6) is 0 Å². The lowest BCUT2D eigenvalue weighted by molar-refractivity contribution is -0.128. The lowest BCUT2D eigenvalue weighted by atomic mass is 10.1. The first kappa shape index (κ1) is 34.5. The number of nitrogens with two attached hydrogens (primary N) is 1. The number of carbonyl (C=O) groups excluding carboxylic acids is 2. The molecule has 1 aromatic heterocycles. The molecule has 2 amide bonds. The zero-order valence-electron chi connectivity index (χ0n) is 23.6. The Morgan fingerprint density at radius 1 is 0.905 bits per heavy atom. The highest BCUT2D eigenvalue weighted by Gasteiger charge is 2.33. The van der Waals surface area contributed by atoms with Gasteiger partial charge in [0.25, 0.3) is 0 Å². The number of carbonyl (C=O) groups is 2. The molecular weight excluding hydrogens is 577 g/mol. The summed E-state index contributed by atoms with van der Waals surface area (Å²) >= 11 is 0. The zero-order chi connectivity index (χ0) is 27.4. The molecule has 1 aliphatic heterocycles. The van der Waals surface area contributed by atoms with E-state index in [2.05, 4.69) is 10.2 Å². The van der Waals surface area contributed by atoms with E-state index in [0.717, 1.165) is 33.6 Å². The second-order valence-electron chi connectivity index (χ2n) is 9.96. The van der Waals surface area contributed by atoms with Gasteiger partial charge in [0.15, 0.2) is 5.76 Å². The maximum atomic E-state index is 12.9. The minimum Gasteiger partial charge on any atom is -0.439 e. The highest BCUT2D eigenvalue weighted by atomic mass is 35.5. The van der Waals surface area contributed by atoms with Crippen LogP contribution in [0.15, 0.2) is 83.3 Å². The van der Waals surface area contributed by atoms with Crippen molar-refractivity contribution in [2.75, 3.05) is 31.5 Å². The van der Waals surface area contributed by atoms with Gasteiger partial charge in [0.1, 0.15) is 11.7 Å². The molecule has 224 valence electrons. The number of aromatic nitrogens is 1. The number of oxazole rings is 1. The number of nitrogens with zero attached hydrogens (tertiary/aromatic N) is 3. The SMILES string of the molecule is Cc1cccc(C)c1NC(=O)CN1CCN(Cc2nc(-c3ccccc3)c(-c3ccccc3)o2)CC1C(N)=O.Cl.Cl.O. The summed E-state index contributed by atoms with van der Waals surface area (Å²) in [6, 6.07) is 25.2. The fourth-order valence-corrected chi connectivity index (χ4v) is 5.06. The monoisotopic (exact) mass is 613 g/mol. The van der Waals surface area contributed by atoms with Crippen LogP contribution in [0.1, 0.15) is 17.0 Å². The number of aryl methyl sites for hydroxylation is 2. The van der Waals surface area contributed by atoms with Crippen LogP contribution in [-0.4, -0.2) is 64.3 Å². The summed E-state index contributed by atoms with van der Waals surface area (Å²) in [5, 5.41) is 3.01. The third-order valence-corrected chi connectivity index (χ3v) is 7.11. The topological polar surface area (TPSA) is 136 Å². The summed E-state index contributed by atoms with van der Waals surface area (Å²) in [5.41, 5.74) is 11.3. The van der Waals surface area contributed by atoms with Crippen molar-refractivity contribution < 1.29 is 19.5 Å². The summed E-state index contributed by atoms with van der Waals surface area (Å²) in [6.07, 6.45) is 0. The Morgan fingerprint density at radius 3 is 2.10 bits per heavy atom. The fraction of sp³-hybridized carbons (Fsp3) is 0.258. The van der Waals surface area contributed by atoms with Gasteiger partial charge in [-0.15, -0.1) is 24.8 Å². The Kier molecular flexibility index (Phi) is 12.7. The van der Waals surface area contributed by atoms with Crippen molar-refractivity contribution in [2.45, 2.75) is 26.4 Å². The van der Waals surface area contributed by atoms with Gasteiger partial charge in [-0.05, 0) is 25.0 Å². The molecule has 1 fully saturated rings. The summed E-state index contributed by atoms with van der Waals surface area (Å²) in [7, 11) is 0. The summed E-state index contributed by atoms with van der Waals surface area (Å²) in [4.78, 5) is 34.1.